The molecule has 1 aliphatic heterocycles. The molecule has 1 saturated carbocycles. The summed E-state index contributed by atoms with van der Waals surface area (Å²) in [5, 5.41) is 6.49. The molecule has 7 heteroatoms. The topological polar surface area (TPSA) is 39.7 Å². The van der Waals surface area contributed by atoms with Crippen molar-refractivity contribution in [3.63, 3.8) is 0 Å². The van der Waals surface area contributed by atoms with Crippen molar-refractivity contribution in [2.24, 2.45) is 16.8 Å². The summed E-state index contributed by atoms with van der Waals surface area (Å²) in [7, 11) is 0. The van der Waals surface area contributed by atoms with Gasteiger partial charge in [0.2, 0.25) is 0 Å². The van der Waals surface area contributed by atoms with Gasteiger partial charge in [0, 0.05) is 26.2 Å². The molecule has 122 valence electrons. The molecular formula is C14H25F3N4. The summed E-state index contributed by atoms with van der Waals surface area (Å²) in [6.07, 6.45) is -0.747. The molecule has 1 unspecified atom stereocenters. The Labute approximate surface area is 124 Å². The lowest BCUT2D eigenvalue weighted by atomic mass is 10.1. The number of aliphatic imine (C=N–C) groups is 1. The van der Waals surface area contributed by atoms with Crippen LogP contribution in [-0.4, -0.2) is 56.3 Å². The van der Waals surface area contributed by atoms with Gasteiger partial charge in [-0.3, -0.25) is 9.89 Å². The molecule has 2 aliphatic rings. The fourth-order valence-electron chi connectivity index (χ4n) is 2.58. The lowest BCUT2D eigenvalue weighted by Crippen LogP contribution is -2.38. The van der Waals surface area contributed by atoms with Gasteiger partial charge in [-0.05, 0) is 44.6 Å². The first kappa shape index (κ1) is 16.4. The SMILES string of the molecule is CCNC(=NCC1CCN(CC(F)(F)F)C1)NCC1CC1. The predicted octanol–water partition coefficient (Wildman–Crippen LogP) is 1.84. The van der Waals surface area contributed by atoms with E-state index in [9.17, 15) is 13.2 Å². The van der Waals surface area contributed by atoms with E-state index in [2.05, 4.69) is 15.6 Å². The van der Waals surface area contributed by atoms with Gasteiger partial charge in [-0.25, -0.2) is 0 Å². The second kappa shape index (κ2) is 7.33. The highest BCUT2D eigenvalue weighted by Gasteiger charge is 2.34. The number of likely N-dealkylation sites (tertiary alicyclic amines) is 1. The number of hydrogen-bond donors (Lipinski definition) is 2. The number of nitrogens with zero attached hydrogens (tertiary/aromatic N) is 2. The van der Waals surface area contributed by atoms with Crippen LogP contribution in [0.2, 0.25) is 0 Å². The van der Waals surface area contributed by atoms with Crippen LogP contribution in [0.3, 0.4) is 0 Å². The van der Waals surface area contributed by atoms with Gasteiger partial charge in [0.25, 0.3) is 0 Å². The molecule has 0 radical (unpaired) electrons. The fourth-order valence-corrected chi connectivity index (χ4v) is 2.58. The minimum Gasteiger partial charge on any atom is -0.357 e. The molecule has 21 heavy (non-hydrogen) atoms. The van der Waals surface area contributed by atoms with Gasteiger partial charge in [0.05, 0.1) is 6.54 Å². The number of halogens is 3. The fraction of sp³-hybridized carbons (Fsp3) is 0.929. The number of guanidine groups is 1. The van der Waals surface area contributed by atoms with Crippen LogP contribution < -0.4 is 10.6 Å². The van der Waals surface area contributed by atoms with Gasteiger partial charge in [0.1, 0.15) is 0 Å². The van der Waals surface area contributed by atoms with E-state index in [-0.39, 0.29) is 5.92 Å². The maximum absolute atomic E-state index is 12.3. The Hall–Kier alpha value is -0.980. The van der Waals surface area contributed by atoms with E-state index < -0.39 is 12.7 Å². The second-order valence-corrected chi connectivity index (χ2v) is 6.05. The van der Waals surface area contributed by atoms with Crippen LogP contribution in [0.15, 0.2) is 4.99 Å². The molecule has 2 rings (SSSR count). The van der Waals surface area contributed by atoms with Crippen LogP contribution >= 0.6 is 0 Å². The third-order valence-corrected chi connectivity index (χ3v) is 3.88. The molecule has 0 amide bonds. The van der Waals surface area contributed by atoms with Crippen molar-refractivity contribution in [1.29, 1.82) is 0 Å². The number of rotatable bonds is 6. The maximum Gasteiger partial charge on any atom is 0.401 e. The molecule has 2 N–H and O–H groups in total. The Kier molecular flexibility index (Phi) is 5.72. The first-order valence-corrected chi connectivity index (χ1v) is 7.77. The zero-order valence-corrected chi connectivity index (χ0v) is 12.5. The summed E-state index contributed by atoms with van der Waals surface area (Å²) in [6, 6.07) is 0. The standard InChI is InChI=1S/C14H25F3N4/c1-2-18-13(19-7-11-3-4-11)20-8-12-5-6-21(9-12)10-14(15,16)17/h11-12H,2-10H2,1H3,(H2,18,19,20). The van der Waals surface area contributed by atoms with Gasteiger partial charge in [-0.15, -0.1) is 0 Å². The maximum atomic E-state index is 12.3. The van der Waals surface area contributed by atoms with Gasteiger partial charge in [0.15, 0.2) is 5.96 Å². The van der Waals surface area contributed by atoms with Gasteiger partial charge < -0.3 is 10.6 Å². The molecule has 0 aromatic carbocycles. The lowest BCUT2D eigenvalue weighted by molar-refractivity contribution is -0.143. The summed E-state index contributed by atoms with van der Waals surface area (Å²) >= 11 is 0. The van der Waals surface area contributed by atoms with Crippen molar-refractivity contribution in [2.45, 2.75) is 32.4 Å². The highest BCUT2D eigenvalue weighted by atomic mass is 19.4. The lowest BCUT2D eigenvalue weighted by Gasteiger charge is -2.17. The Morgan fingerprint density at radius 1 is 1.19 bits per heavy atom. The van der Waals surface area contributed by atoms with Crippen molar-refractivity contribution in [3.8, 4) is 0 Å². The van der Waals surface area contributed by atoms with Crippen molar-refractivity contribution in [1.82, 2.24) is 15.5 Å². The molecule has 1 saturated heterocycles. The largest absolute Gasteiger partial charge is 0.401 e. The summed E-state index contributed by atoms with van der Waals surface area (Å²) in [5.74, 6) is 1.78. The molecule has 1 atom stereocenters. The monoisotopic (exact) mass is 306 g/mol. The molecule has 1 aliphatic carbocycles. The average molecular weight is 306 g/mol. The minimum absolute atomic E-state index is 0.226. The van der Waals surface area contributed by atoms with Crippen molar-refractivity contribution < 1.29 is 13.2 Å². The summed E-state index contributed by atoms with van der Waals surface area (Å²) in [5.41, 5.74) is 0. The normalized spacial score (nSPS) is 24.4. The Morgan fingerprint density at radius 3 is 2.57 bits per heavy atom. The van der Waals surface area contributed by atoms with Crippen molar-refractivity contribution in [2.75, 3.05) is 39.3 Å². The van der Waals surface area contributed by atoms with Crippen LogP contribution in [-0.2, 0) is 0 Å². The molecule has 1 heterocycles. The van der Waals surface area contributed by atoms with E-state index in [1.54, 1.807) is 0 Å². The Morgan fingerprint density at radius 2 is 1.95 bits per heavy atom. The zero-order valence-electron chi connectivity index (χ0n) is 12.5. The van der Waals surface area contributed by atoms with Crippen LogP contribution in [0.4, 0.5) is 13.2 Å². The second-order valence-electron chi connectivity index (χ2n) is 6.05. The van der Waals surface area contributed by atoms with Crippen LogP contribution in [0.25, 0.3) is 0 Å². The third kappa shape index (κ3) is 6.54. The molecule has 0 spiro atoms. The Balaban J connectivity index is 1.72. The van der Waals surface area contributed by atoms with E-state index in [1.807, 2.05) is 6.92 Å². The predicted molar refractivity (Wildman–Crippen MR) is 77.3 cm³/mol. The molecular weight excluding hydrogens is 281 g/mol. The quantitative estimate of drug-likeness (QED) is 0.581. The highest BCUT2D eigenvalue weighted by molar-refractivity contribution is 5.79. The van der Waals surface area contributed by atoms with Crippen LogP contribution in [0.1, 0.15) is 26.2 Å². The molecule has 2 fully saturated rings. The summed E-state index contributed by atoms with van der Waals surface area (Å²) < 4.78 is 37.0. The number of hydrogen-bond acceptors (Lipinski definition) is 2. The van der Waals surface area contributed by atoms with E-state index in [4.69, 9.17) is 0 Å². The number of alkyl halides is 3. The summed E-state index contributed by atoms with van der Waals surface area (Å²) in [6.45, 7) is 4.55. The minimum atomic E-state index is -4.10. The molecule has 4 nitrogen and oxygen atoms in total. The third-order valence-electron chi connectivity index (χ3n) is 3.88. The van der Waals surface area contributed by atoms with Crippen LogP contribution in [0, 0.1) is 11.8 Å². The average Bonchev–Trinajstić information content (AvgIpc) is 3.12. The molecule has 0 aromatic heterocycles. The number of nitrogens with one attached hydrogen (secondary N) is 2. The molecule has 0 bridgehead atoms. The van der Waals surface area contributed by atoms with E-state index in [1.165, 1.54) is 17.7 Å². The van der Waals surface area contributed by atoms with E-state index in [0.29, 0.717) is 19.6 Å². The first-order valence-electron chi connectivity index (χ1n) is 7.77. The molecule has 0 aromatic rings. The highest BCUT2D eigenvalue weighted by Crippen LogP contribution is 2.27. The van der Waals surface area contributed by atoms with Gasteiger partial charge in [-0.2, -0.15) is 13.2 Å². The zero-order chi connectivity index (χ0) is 15.3. The van der Waals surface area contributed by atoms with Crippen molar-refractivity contribution in [3.05, 3.63) is 0 Å². The van der Waals surface area contributed by atoms with Gasteiger partial charge >= 0.3 is 6.18 Å². The van der Waals surface area contributed by atoms with Gasteiger partial charge in [-0.1, -0.05) is 0 Å². The van der Waals surface area contributed by atoms with E-state index in [0.717, 1.165) is 31.4 Å². The summed E-state index contributed by atoms with van der Waals surface area (Å²) in [4.78, 5) is 5.99. The Bertz CT molecular complexity index is 353. The smallest absolute Gasteiger partial charge is 0.357 e. The van der Waals surface area contributed by atoms with E-state index >= 15 is 0 Å². The van der Waals surface area contributed by atoms with Crippen molar-refractivity contribution >= 4 is 5.96 Å². The first-order chi connectivity index (χ1) is 9.96. The van der Waals surface area contributed by atoms with Crippen LogP contribution in [0.5, 0.6) is 0 Å².